The molecule has 2 aromatic heterocycles. The number of aromatic hydroxyl groups is 1. The van der Waals surface area contributed by atoms with Crippen molar-refractivity contribution in [2.75, 3.05) is 5.32 Å². The van der Waals surface area contributed by atoms with E-state index in [1.165, 1.54) is 0 Å². The first kappa shape index (κ1) is 19.6. The summed E-state index contributed by atoms with van der Waals surface area (Å²) >= 11 is 0. The highest BCUT2D eigenvalue weighted by Gasteiger charge is 2.22. The van der Waals surface area contributed by atoms with E-state index in [-0.39, 0.29) is 11.3 Å². The van der Waals surface area contributed by atoms with Crippen molar-refractivity contribution >= 4 is 22.6 Å². The van der Waals surface area contributed by atoms with Crippen LogP contribution < -0.4 is 10.9 Å². The van der Waals surface area contributed by atoms with Crippen molar-refractivity contribution in [3.63, 3.8) is 0 Å². The highest BCUT2D eigenvalue weighted by molar-refractivity contribution is 6.08. The highest BCUT2D eigenvalue weighted by atomic mass is 16.3. The number of benzene rings is 1. The molecule has 3 aromatic rings. The van der Waals surface area contributed by atoms with Crippen LogP contribution in [0, 0.1) is 13.8 Å². The second-order valence-corrected chi connectivity index (χ2v) is 7.03. The second kappa shape index (κ2) is 8.25. The van der Waals surface area contributed by atoms with Gasteiger partial charge in [0.25, 0.3) is 11.5 Å². The number of anilines is 1. The Balaban J connectivity index is 2.09. The van der Waals surface area contributed by atoms with Crippen molar-refractivity contribution in [2.45, 2.75) is 46.6 Å². The zero-order valence-electron chi connectivity index (χ0n) is 16.5. The van der Waals surface area contributed by atoms with Crippen molar-refractivity contribution < 1.29 is 9.90 Å². The lowest BCUT2D eigenvalue weighted by molar-refractivity contribution is 0.102. The van der Waals surface area contributed by atoms with Crippen molar-refractivity contribution in [2.24, 2.45) is 0 Å². The lowest BCUT2D eigenvalue weighted by Gasteiger charge is -2.15. The molecule has 0 aliphatic rings. The summed E-state index contributed by atoms with van der Waals surface area (Å²) in [5, 5.41) is 13.8. The standard InChI is InChI=1S/C22H25N3O3/c1-4-5-8-11-25-17-10-7-6-9-16(17)20(26)19(22(25)28)21(27)24-18-13-14(2)12-15(3)23-18/h6-7,9-10,12-13,26H,4-5,8,11H2,1-3H3,(H,23,24,27). The zero-order valence-corrected chi connectivity index (χ0v) is 16.5. The molecule has 28 heavy (non-hydrogen) atoms. The predicted octanol–water partition coefficient (Wildman–Crippen LogP) is 4.16. The minimum absolute atomic E-state index is 0.254. The van der Waals surface area contributed by atoms with Gasteiger partial charge in [0.15, 0.2) is 0 Å². The Morgan fingerprint density at radius 1 is 1.18 bits per heavy atom. The molecule has 1 aromatic carbocycles. The third-order valence-electron chi connectivity index (χ3n) is 4.70. The SMILES string of the molecule is CCCCCn1c(=O)c(C(=O)Nc2cc(C)cc(C)n2)c(O)c2ccccc21. The quantitative estimate of drug-likeness (QED) is 0.630. The second-order valence-electron chi connectivity index (χ2n) is 7.03. The van der Waals surface area contributed by atoms with Crippen molar-refractivity contribution in [1.29, 1.82) is 0 Å². The number of hydrogen-bond acceptors (Lipinski definition) is 4. The van der Waals surface area contributed by atoms with Crippen LogP contribution in [0.3, 0.4) is 0 Å². The van der Waals surface area contributed by atoms with E-state index in [2.05, 4.69) is 17.2 Å². The van der Waals surface area contributed by atoms with Crippen LogP contribution in [-0.2, 0) is 6.54 Å². The number of rotatable bonds is 6. The fourth-order valence-electron chi connectivity index (χ4n) is 3.42. The monoisotopic (exact) mass is 379 g/mol. The molecule has 6 heteroatoms. The predicted molar refractivity (Wildman–Crippen MR) is 111 cm³/mol. The summed E-state index contributed by atoms with van der Waals surface area (Å²) < 4.78 is 1.58. The molecule has 0 spiro atoms. The van der Waals surface area contributed by atoms with E-state index in [0.29, 0.717) is 23.3 Å². The van der Waals surface area contributed by atoms with Gasteiger partial charge in [-0.05, 0) is 50.1 Å². The number of amides is 1. The number of unbranched alkanes of at least 4 members (excludes halogenated alkanes) is 2. The smallest absolute Gasteiger partial charge is 0.267 e. The van der Waals surface area contributed by atoms with Crippen LogP contribution >= 0.6 is 0 Å². The fourth-order valence-corrected chi connectivity index (χ4v) is 3.42. The zero-order chi connectivity index (χ0) is 20.3. The molecule has 3 rings (SSSR count). The molecule has 1 amide bonds. The summed E-state index contributed by atoms with van der Waals surface area (Å²) in [5.74, 6) is -0.601. The first-order chi connectivity index (χ1) is 13.4. The number of carbonyl (C=O) groups excluding carboxylic acids is 1. The molecule has 146 valence electrons. The minimum atomic E-state index is -0.657. The third kappa shape index (κ3) is 3.91. The van der Waals surface area contributed by atoms with Crippen LogP contribution in [-0.4, -0.2) is 20.6 Å². The van der Waals surface area contributed by atoms with Gasteiger partial charge in [0.1, 0.15) is 17.1 Å². The van der Waals surface area contributed by atoms with Crippen molar-refractivity contribution in [3.8, 4) is 5.75 Å². The highest BCUT2D eigenvalue weighted by Crippen LogP contribution is 2.27. The summed E-state index contributed by atoms with van der Waals surface area (Å²) in [7, 11) is 0. The number of pyridine rings is 2. The molecule has 0 aliphatic heterocycles. The van der Waals surface area contributed by atoms with E-state index in [4.69, 9.17) is 0 Å². The first-order valence-corrected chi connectivity index (χ1v) is 9.53. The lowest BCUT2D eigenvalue weighted by Crippen LogP contribution is -2.30. The molecule has 0 fully saturated rings. The van der Waals surface area contributed by atoms with Gasteiger partial charge in [-0.15, -0.1) is 0 Å². The number of nitrogens with zero attached hydrogens (tertiary/aromatic N) is 2. The van der Waals surface area contributed by atoms with Crippen molar-refractivity contribution in [1.82, 2.24) is 9.55 Å². The first-order valence-electron chi connectivity index (χ1n) is 9.53. The maximum atomic E-state index is 13.1. The van der Waals surface area contributed by atoms with Crippen LogP contribution in [0.25, 0.3) is 10.9 Å². The Hall–Kier alpha value is -3.15. The van der Waals surface area contributed by atoms with Gasteiger partial charge in [0, 0.05) is 17.6 Å². The minimum Gasteiger partial charge on any atom is -0.506 e. The molecule has 0 saturated heterocycles. The van der Waals surface area contributed by atoms with E-state index < -0.39 is 11.5 Å². The number of nitrogens with one attached hydrogen (secondary N) is 1. The normalized spacial score (nSPS) is 11.0. The fraction of sp³-hybridized carbons (Fsp3) is 0.318. The Morgan fingerprint density at radius 3 is 2.64 bits per heavy atom. The van der Waals surface area contributed by atoms with Crippen LogP contribution in [0.4, 0.5) is 5.82 Å². The Bertz CT molecular complexity index is 1070. The topological polar surface area (TPSA) is 84.2 Å². The van der Waals surface area contributed by atoms with Gasteiger partial charge in [0.05, 0.1) is 5.52 Å². The van der Waals surface area contributed by atoms with Crippen LogP contribution in [0.1, 0.15) is 47.8 Å². The van der Waals surface area contributed by atoms with E-state index in [1.54, 1.807) is 28.8 Å². The summed E-state index contributed by atoms with van der Waals surface area (Å²) in [6.45, 7) is 6.32. The summed E-state index contributed by atoms with van der Waals surface area (Å²) in [4.78, 5) is 30.2. The number of hydrogen-bond donors (Lipinski definition) is 2. The van der Waals surface area contributed by atoms with E-state index in [9.17, 15) is 14.7 Å². The summed E-state index contributed by atoms with van der Waals surface area (Å²) in [5.41, 5.74) is 1.59. The third-order valence-corrected chi connectivity index (χ3v) is 4.70. The van der Waals surface area contributed by atoms with Gasteiger partial charge in [-0.3, -0.25) is 9.59 Å². The molecule has 0 aliphatic carbocycles. The Kier molecular flexibility index (Phi) is 5.78. The average molecular weight is 379 g/mol. The van der Waals surface area contributed by atoms with Crippen LogP contribution in [0.5, 0.6) is 5.75 Å². The van der Waals surface area contributed by atoms with E-state index in [0.717, 1.165) is 30.5 Å². The van der Waals surface area contributed by atoms with Gasteiger partial charge in [-0.25, -0.2) is 4.98 Å². The maximum absolute atomic E-state index is 13.1. The molecule has 0 bridgehead atoms. The van der Waals surface area contributed by atoms with Gasteiger partial charge in [-0.1, -0.05) is 31.9 Å². The summed E-state index contributed by atoms with van der Waals surface area (Å²) in [6.07, 6.45) is 2.83. The molecular formula is C22H25N3O3. The van der Waals surface area contributed by atoms with Gasteiger partial charge in [-0.2, -0.15) is 0 Å². The average Bonchev–Trinajstić information content (AvgIpc) is 2.64. The molecule has 2 heterocycles. The number of carbonyl (C=O) groups is 1. The molecule has 0 atom stereocenters. The summed E-state index contributed by atoms with van der Waals surface area (Å²) in [6, 6.07) is 10.7. The number of para-hydroxylation sites is 1. The Labute approximate surface area is 163 Å². The van der Waals surface area contributed by atoms with Crippen LogP contribution in [0.15, 0.2) is 41.2 Å². The molecule has 6 nitrogen and oxygen atoms in total. The number of fused-ring (bicyclic) bond motifs is 1. The maximum Gasteiger partial charge on any atom is 0.267 e. The molecule has 0 saturated carbocycles. The van der Waals surface area contributed by atoms with Gasteiger partial charge < -0.3 is 15.0 Å². The molecule has 0 unspecified atom stereocenters. The van der Waals surface area contributed by atoms with Crippen molar-refractivity contribution in [3.05, 3.63) is 63.6 Å². The van der Waals surface area contributed by atoms with Crippen LogP contribution in [0.2, 0.25) is 0 Å². The molecular weight excluding hydrogens is 354 g/mol. The van der Waals surface area contributed by atoms with E-state index in [1.807, 2.05) is 26.0 Å². The Morgan fingerprint density at radius 2 is 1.93 bits per heavy atom. The lowest BCUT2D eigenvalue weighted by atomic mass is 10.1. The van der Waals surface area contributed by atoms with Gasteiger partial charge in [0.2, 0.25) is 0 Å². The van der Waals surface area contributed by atoms with E-state index >= 15 is 0 Å². The largest absolute Gasteiger partial charge is 0.506 e. The number of aryl methyl sites for hydroxylation is 3. The molecule has 0 radical (unpaired) electrons. The van der Waals surface area contributed by atoms with Gasteiger partial charge >= 0.3 is 0 Å². The molecule has 2 N–H and O–H groups in total. The number of aromatic nitrogens is 2.